The number of nitrogens with zero attached hydrogens (tertiary/aromatic N) is 6. The number of anilines is 1. The quantitative estimate of drug-likeness (QED) is 0.317. The summed E-state index contributed by atoms with van der Waals surface area (Å²) in [6.07, 6.45) is -0.808. The van der Waals surface area contributed by atoms with Gasteiger partial charge >= 0.3 is 18.2 Å². The molecule has 190 valence electrons. The van der Waals surface area contributed by atoms with Gasteiger partial charge < -0.3 is 4.74 Å². The Morgan fingerprint density at radius 1 is 1.03 bits per heavy atom. The van der Waals surface area contributed by atoms with E-state index in [1.165, 1.54) is 12.3 Å². The van der Waals surface area contributed by atoms with Crippen LogP contribution in [0.3, 0.4) is 0 Å². The van der Waals surface area contributed by atoms with Gasteiger partial charge in [0, 0.05) is 18.0 Å². The van der Waals surface area contributed by atoms with E-state index in [-0.39, 0.29) is 12.2 Å². The van der Waals surface area contributed by atoms with Gasteiger partial charge in [0.25, 0.3) is 0 Å². The number of rotatable bonds is 2. The minimum atomic E-state index is -5.20. The van der Waals surface area contributed by atoms with Gasteiger partial charge in [-0.2, -0.15) is 18.3 Å². The molecule has 1 aromatic carbocycles. The fourth-order valence-electron chi connectivity index (χ4n) is 3.62. The zero-order chi connectivity index (χ0) is 26.7. The standard InChI is InChI=1S/C25H16F3N7O3/c26-25(27,28)23(36)38-22-14-19(17-5-2-1-3-6-17)35(33-22)24(37)32-20-13-16(10-12-29-20)8-9-18-15-30-21-7-4-11-31-34(18)21/h1-7,10-13,15,19H,14H2,(H,29,32,37). The number of ether oxygens (including phenoxy) is 1. The maximum absolute atomic E-state index is 13.1. The number of hydrazone groups is 1. The molecule has 4 heterocycles. The van der Waals surface area contributed by atoms with Crippen LogP contribution < -0.4 is 5.32 Å². The van der Waals surface area contributed by atoms with Crippen molar-refractivity contribution in [1.29, 1.82) is 0 Å². The van der Waals surface area contributed by atoms with E-state index >= 15 is 0 Å². The molecule has 38 heavy (non-hydrogen) atoms. The van der Waals surface area contributed by atoms with Crippen molar-refractivity contribution in [2.45, 2.75) is 18.6 Å². The molecular weight excluding hydrogens is 503 g/mol. The monoisotopic (exact) mass is 519 g/mol. The molecule has 1 aliphatic heterocycles. The van der Waals surface area contributed by atoms with E-state index in [0.29, 0.717) is 22.5 Å². The number of halogens is 3. The van der Waals surface area contributed by atoms with Gasteiger partial charge in [0.2, 0.25) is 5.90 Å². The molecular formula is C25H16F3N7O3. The van der Waals surface area contributed by atoms with Crippen molar-refractivity contribution in [1.82, 2.24) is 24.6 Å². The number of urea groups is 1. The molecule has 0 aliphatic carbocycles. The van der Waals surface area contributed by atoms with Crippen LogP contribution in [0.5, 0.6) is 0 Å². The second-order valence-electron chi connectivity index (χ2n) is 7.90. The number of benzene rings is 1. The van der Waals surface area contributed by atoms with Crippen LogP contribution in [0.2, 0.25) is 0 Å². The Morgan fingerprint density at radius 2 is 1.84 bits per heavy atom. The first-order chi connectivity index (χ1) is 18.3. The number of pyridine rings is 1. The van der Waals surface area contributed by atoms with Crippen LogP contribution in [0.15, 0.2) is 78.3 Å². The van der Waals surface area contributed by atoms with Crippen molar-refractivity contribution in [3.63, 3.8) is 0 Å². The summed E-state index contributed by atoms with van der Waals surface area (Å²) in [5.74, 6) is 3.08. The Hall–Kier alpha value is -5.25. The van der Waals surface area contributed by atoms with E-state index in [0.717, 1.165) is 5.01 Å². The predicted octanol–water partition coefficient (Wildman–Crippen LogP) is 3.92. The first kappa shape index (κ1) is 24.4. The molecule has 0 radical (unpaired) electrons. The van der Waals surface area contributed by atoms with Crippen molar-refractivity contribution < 1.29 is 27.5 Å². The van der Waals surface area contributed by atoms with Crippen LogP contribution >= 0.6 is 0 Å². The minimum absolute atomic E-state index is 0.126. The molecule has 2 amide bonds. The molecule has 1 unspecified atom stereocenters. The van der Waals surface area contributed by atoms with Crippen molar-refractivity contribution in [3.8, 4) is 11.8 Å². The van der Waals surface area contributed by atoms with Gasteiger partial charge in [0.15, 0.2) is 5.65 Å². The lowest BCUT2D eigenvalue weighted by molar-refractivity contribution is -0.191. The van der Waals surface area contributed by atoms with Gasteiger partial charge in [0.05, 0.1) is 18.7 Å². The normalized spacial score (nSPS) is 15.0. The summed E-state index contributed by atoms with van der Waals surface area (Å²) in [6, 6.07) is 13.6. The lowest BCUT2D eigenvalue weighted by Crippen LogP contribution is -2.31. The van der Waals surface area contributed by atoms with Crippen LogP contribution in [0.25, 0.3) is 5.65 Å². The molecule has 4 aromatic rings. The molecule has 13 heteroatoms. The average molecular weight is 519 g/mol. The Kier molecular flexibility index (Phi) is 6.44. The number of hydrogen-bond donors (Lipinski definition) is 1. The first-order valence-electron chi connectivity index (χ1n) is 11.1. The van der Waals surface area contributed by atoms with Gasteiger partial charge in [-0.1, -0.05) is 36.3 Å². The zero-order valence-corrected chi connectivity index (χ0v) is 19.3. The van der Waals surface area contributed by atoms with E-state index < -0.39 is 30.1 Å². The number of aromatic nitrogens is 4. The first-order valence-corrected chi connectivity index (χ1v) is 11.1. The molecule has 0 saturated carbocycles. The molecule has 5 rings (SSSR count). The van der Waals surface area contributed by atoms with Crippen LogP contribution in [0, 0.1) is 11.8 Å². The number of hydrogen-bond acceptors (Lipinski definition) is 7. The highest BCUT2D eigenvalue weighted by Gasteiger charge is 2.44. The van der Waals surface area contributed by atoms with Gasteiger partial charge in [-0.15, -0.1) is 5.10 Å². The molecule has 0 spiro atoms. The maximum atomic E-state index is 13.1. The lowest BCUT2D eigenvalue weighted by atomic mass is 10.0. The summed E-state index contributed by atoms with van der Waals surface area (Å²) >= 11 is 0. The molecule has 0 bridgehead atoms. The number of imidazole rings is 1. The van der Waals surface area contributed by atoms with Gasteiger partial charge in [-0.3, -0.25) is 5.32 Å². The van der Waals surface area contributed by atoms with Gasteiger partial charge in [-0.25, -0.2) is 29.1 Å². The predicted molar refractivity (Wildman–Crippen MR) is 127 cm³/mol. The highest BCUT2D eigenvalue weighted by molar-refractivity contribution is 5.96. The van der Waals surface area contributed by atoms with Gasteiger partial charge in [0.1, 0.15) is 11.5 Å². The molecule has 1 atom stereocenters. The smallest absolute Gasteiger partial charge is 0.403 e. The number of amides is 2. The van der Waals surface area contributed by atoms with Crippen LogP contribution in [0.4, 0.5) is 23.8 Å². The summed E-state index contributed by atoms with van der Waals surface area (Å²) in [7, 11) is 0. The highest BCUT2D eigenvalue weighted by atomic mass is 19.4. The topological polar surface area (TPSA) is 114 Å². The Morgan fingerprint density at radius 3 is 2.63 bits per heavy atom. The van der Waals surface area contributed by atoms with Crippen molar-refractivity contribution in [3.05, 3.63) is 90.0 Å². The van der Waals surface area contributed by atoms with E-state index in [2.05, 4.69) is 42.1 Å². The summed E-state index contributed by atoms with van der Waals surface area (Å²) in [6.45, 7) is 0. The van der Waals surface area contributed by atoms with Crippen molar-refractivity contribution in [2.24, 2.45) is 5.10 Å². The number of carbonyl (C=O) groups excluding carboxylic acids is 2. The number of fused-ring (bicyclic) bond motifs is 1. The van der Waals surface area contributed by atoms with Crippen LogP contribution in [-0.4, -0.2) is 48.7 Å². The Balaban J connectivity index is 1.36. The molecule has 1 aliphatic rings. The van der Waals surface area contributed by atoms with E-state index in [1.807, 2.05) is 0 Å². The molecule has 3 aromatic heterocycles. The van der Waals surface area contributed by atoms with E-state index in [1.54, 1.807) is 65.4 Å². The fraction of sp³-hybridized carbons (Fsp3) is 0.120. The zero-order valence-electron chi connectivity index (χ0n) is 19.3. The molecule has 10 nitrogen and oxygen atoms in total. The van der Waals surface area contributed by atoms with E-state index in [9.17, 15) is 22.8 Å². The number of esters is 1. The third-order valence-electron chi connectivity index (χ3n) is 5.32. The largest absolute Gasteiger partial charge is 0.491 e. The lowest BCUT2D eigenvalue weighted by Gasteiger charge is -2.21. The SMILES string of the molecule is O=C(Nc1cc(C#Cc2cnc3cccnn23)ccn1)N1N=C(OC(=O)C(F)(F)F)CC1c1ccccc1. The number of nitrogens with one attached hydrogen (secondary N) is 1. The minimum Gasteiger partial charge on any atom is -0.403 e. The number of carbonyl (C=O) groups is 2. The van der Waals surface area contributed by atoms with Crippen molar-refractivity contribution >= 4 is 29.4 Å². The second kappa shape index (κ2) is 10.0. The molecule has 0 fully saturated rings. The maximum Gasteiger partial charge on any atom is 0.491 e. The van der Waals surface area contributed by atoms with Gasteiger partial charge in [-0.05, 0) is 35.7 Å². The molecule has 1 N–H and O–H groups in total. The Labute approximate surface area is 212 Å². The third kappa shape index (κ3) is 5.29. The summed E-state index contributed by atoms with van der Waals surface area (Å²) in [4.78, 5) is 32.7. The highest BCUT2D eigenvalue weighted by Crippen LogP contribution is 2.32. The third-order valence-corrected chi connectivity index (χ3v) is 5.32. The van der Waals surface area contributed by atoms with E-state index in [4.69, 9.17) is 0 Å². The summed E-state index contributed by atoms with van der Waals surface area (Å²) in [5.41, 5.74) is 2.30. The fourth-order valence-corrected chi connectivity index (χ4v) is 3.62. The van der Waals surface area contributed by atoms with Crippen LogP contribution in [0.1, 0.15) is 29.3 Å². The summed E-state index contributed by atoms with van der Waals surface area (Å²) in [5, 5.41) is 11.5. The summed E-state index contributed by atoms with van der Waals surface area (Å²) < 4.78 is 44.0. The molecule has 0 saturated heterocycles. The number of alkyl halides is 3. The van der Waals surface area contributed by atoms with Crippen molar-refractivity contribution in [2.75, 3.05) is 5.32 Å². The van der Waals surface area contributed by atoms with Crippen LogP contribution in [-0.2, 0) is 9.53 Å². The Bertz CT molecular complexity index is 1610. The average Bonchev–Trinajstić information content (AvgIpc) is 3.52. The second-order valence-corrected chi connectivity index (χ2v) is 7.90.